The van der Waals surface area contributed by atoms with Crippen LogP contribution in [0.3, 0.4) is 0 Å². The van der Waals surface area contributed by atoms with Crippen LogP contribution in [-0.2, 0) is 12.7 Å². The molecule has 3 rings (SSSR count). The lowest BCUT2D eigenvalue weighted by Gasteiger charge is -2.13. The Bertz CT molecular complexity index is 936. The number of amides is 1. The highest BCUT2D eigenvalue weighted by molar-refractivity contribution is 9.10. The highest BCUT2D eigenvalue weighted by atomic mass is 79.9. The van der Waals surface area contributed by atoms with Crippen molar-refractivity contribution in [2.75, 3.05) is 7.05 Å². The first-order chi connectivity index (χ1) is 12.2. The van der Waals surface area contributed by atoms with Crippen LogP contribution < -0.4 is 0 Å². The number of hydrogen-bond acceptors (Lipinski definition) is 4. The van der Waals surface area contributed by atoms with Crippen molar-refractivity contribution in [1.29, 1.82) is 0 Å². The number of benzene rings is 1. The second-order valence-electron chi connectivity index (χ2n) is 5.48. The Hall–Kier alpha value is -2.13. The average Bonchev–Trinajstić information content (AvgIpc) is 3.23. The Balaban J connectivity index is 1.78. The molecule has 0 fully saturated rings. The summed E-state index contributed by atoms with van der Waals surface area (Å²) in [7, 11) is 1.60. The number of halogens is 4. The van der Waals surface area contributed by atoms with Gasteiger partial charge in [0.15, 0.2) is 4.67 Å². The Morgan fingerprint density at radius 2 is 2.08 bits per heavy atom. The fourth-order valence-electron chi connectivity index (χ4n) is 2.27. The van der Waals surface area contributed by atoms with Gasteiger partial charge >= 0.3 is 6.18 Å². The molecule has 0 saturated carbocycles. The molecule has 0 radical (unpaired) electrons. The molecule has 0 aliphatic heterocycles. The minimum atomic E-state index is -4.43. The predicted molar refractivity (Wildman–Crippen MR) is 94.8 cm³/mol. The highest BCUT2D eigenvalue weighted by Gasteiger charge is 2.30. The summed E-state index contributed by atoms with van der Waals surface area (Å²) in [5.41, 5.74) is -0.254. The summed E-state index contributed by atoms with van der Waals surface area (Å²) in [6.07, 6.45) is -4.43. The van der Waals surface area contributed by atoms with E-state index in [4.69, 9.17) is 4.42 Å². The number of furan rings is 1. The summed E-state index contributed by atoms with van der Waals surface area (Å²) < 4.78 is 44.4. The molecule has 4 nitrogen and oxygen atoms in total. The molecule has 0 aliphatic rings. The number of hydrogen-bond donors (Lipinski definition) is 0. The molecule has 0 atom stereocenters. The van der Waals surface area contributed by atoms with Gasteiger partial charge in [0, 0.05) is 18.0 Å². The van der Waals surface area contributed by atoms with E-state index in [1.165, 1.54) is 22.4 Å². The van der Waals surface area contributed by atoms with E-state index >= 15 is 0 Å². The first kappa shape index (κ1) is 18.7. The second-order valence-corrected chi connectivity index (χ2v) is 7.12. The van der Waals surface area contributed by atoms with E-state index < -0.39 is 11.7 Å². The van der Waals surface area contributed by atoms with Crippen LogP contribution in [0.5, 0.6) is 0 Å². The van der Waals surface area contributed by atoms with Crippen LogP contribution in [0.15, 0.2) is 50.9 Å². The minimum Gasteiger partial charge on any atom is -0.452 e. The Morgan fingerprint density at radius 1 is 1.31 bits per heavy atom. The van der Waals surface area contributed by atoms with Crippen molar-refractivity contribution < 1.29 is 22.4 Å². The SMILES string of the molecule is CN(Cc1ccc(Br)o1)C(=O)c1csc(-c2cccc(C(F)(F)F)c2)n1. The summed E-state index contributed by atoms with van der Waals surface area (Å²) >= 11 is 4.31. The van der Waals surface area contributed by atoms with Crippen LogP contribution in [0.4, 0.5) is 13.2 Å². The third-order valence-electron chi connectivity index (χ3n) is 3.53. The number of alkyl halides is 3. The van der Waals surface area contributed by atoms with Gasteiger partial charge in [-0.2, -0.15) is 13.2 Å². The summed E-state index contributed by atoms with van der Waals surface area (Å²) in [4.78, 5) is 18.1. The van der Waals surface area contributed by atoms with Gasteiger partial charge in [-0.1, -0.05) is 12.1 Å². The molecule has 3 aromatic rings. The first-order valence-corrected chi connectivity index (χ1v) is 9.04. The quantitative estimate of drug-likeness (QED) is 0.536. The molecule has 0 unspecified atom stereocenters. The minimum absolute atomic E-state index is 0.176. The molecule has 1 aromatic carbocycles. The summed E-state index contributed by atoms with van der Waals surface area (Å²) in [6, 6.07) is 8.34. The van der Waals surface area contributed by atoms with Crippen LogP contribution in [0.1, 0.15) is 21.8 Å². The van der Waals surface area contributed by atoms with Crippen LogP contribution in [0.25, 0.3) is 10.6 Å². The zero-order valence-corrected chi connectivity index (χ0v) is 15.8. The van der Waals surface area contributed by atoms with Gasteiger partial charge < -0.3 is 9.32 Å². The normalized spacial score (nSPS) is 11.6. The zero-order valence-electron chi connectivity index (χ0n) is 13.4. The maximum Gasteiger partial charge on any atom is 0.416 e. The number of rotatable bonds is 4. The van der Waals surface area contributed by atoms with Crippen LogP contribution in [0.2, 0.25) is 0 Å². The molecule has 2 aromatic heterocycles. The van der Waals surface area contributed by atoms with Crippen molar-refractivity contribution in [1.82, 2.24) is 9.88 Å². The second kappa shape index (κ2) is 7.24. The third-order valence-corrected chi connectivity index (χ3v) is 4.85. The van der Waals surface area contributed by atoms with Gasteiger partial charge in [-0.15, -0.1) is 11.3 Å². The maximum absolute atomic E-state index is 12.8. The number of nitrogens with zero attached hydrogens (tertiary/aromatic N) is 2. The Labute approximate surface area is 159 Å². The van der Waals surface area contributed by atoms with Crippen molar-refractivity contribution in [3.8, 4) is 10.6 Å². The van der Waals surface area contributed by atoms with Crippen LogP contribution in [0, 0.1) is 0 Å². The Kier molecular flexibility index (Phi) is 5.19. The molecule has 0 aliphatic carbocycles. The van der Waals surface area contributed by atoms with Crippen molar-refractivity contribution in [2.45, 2.75) is 12.7 Å². The molecule has 0 bridgehead atoms. The molecular weight excluding hydrogens is 433 g/mol. The summed E-state index contributed by atoms with van der Waals surface area (Å²) in [6.45, 7) is 0.251. The van der Waals surface area contributed by atoms with Gasteiger partial charge in [-0.25, -0.2) is 4.98 Å². The summed E-state index contributed by atoms with van der Waals surface area (Å²) in [5, 5.41) is 1.89. The van der Waals surface area contributed by atoms with E-state index in [0.29, 0.717) is 21.0 Å². The monoisotopic (exact) mass is 444 g/mol. The fraction of sp³-hybridized carbons (Fsp3) is 0.176. The smallest absolute Gasteiger partial charge is 0.416 e. The third kappa shape index (κ3) is 4.16. The van der Waals surface area contributed by atoms with Gasteiger partial charge in [-0.3, -0.25) is 4.79 Å². The summed E-state index contributed by atoms with van der Waals surface area (Å²) in [5.74, 6) is 0.257. The van der Waals surface area contributed by atoms with E-state index in [2.05, 4.69) is 20.9 Å². The largest absolute Gasteiger partial charge is 0.452 e. The Morgan fingerprint density at radius 3 is 2.73 bits per heavy atom. The van der Waals surface area contributed by atoms with Crippen LogP contribution >= 0.6 is 27.3 Å². The fourth-order valence-corrected chi connectivity index (χ4v) is 3.40. The predicted octanol–water partition coefficient (Wildman–Crippen LogP) is 5.46. The molecule has 0 spiro atoms. The zero-order chi connectivity index (χ0) is 18.9. The topological polar surface area (TPSA) is 46.3 Å². The van der Waals surface area contributed by atoms with E-state index in [1.807, 2.05) is 0 Å². The molecule has 2 heterocycles. The van der Waals surface area contributed by atoms with Crippen molar-refractivity contribution >= 4 is 33.2 Å². The van der Waals surface area contributed by atoms with Crippen LogP contribution in [-0.4, -0.2) is 22.8 Å². The van der Waals surface area contributed by atoms with Crippen molar-refractivity contribution in [3.63, 3.8) is 0 Å². The van der Waals surface area contributed by atoms with Gasteiger partial charge in [0.2, 0.25) is 0 Å². The van der Waals surface area contributed by atoms with Crippen molar-refractivity contribution in [2.24, 2.45) is 0 Å². The number of aromatic nitrogens is 1. The maximum atomic E-state index is 12.8. The van der Waals surface area contributed by atoms with E-state index in [9.17, 15) is 18.0 Å². The van der Waals surface area contributed by atoms with E-state index in [-0.39, 0.29) is 18.1 Å². The molecule has 9 heteroatoms. The highest BCUT2D eigenvalue weighted by Crippen LogP contribution is 2.33. The number of thiazole rings is 1. The molecule has 26 heavy (non-hydrogen) atoms. The molecule has 0 N–H and O–H groups in total. The van der Waals surface area contributed by atoms with Gasteiger partial charge in [0.05, 0.1) is 12.1 Å². The van der Waals surface area contributed by atoms with Crippen molar-refractivity contribution in [3.05, 3.63) is 63.5 Å². The number of carbonyl (C=O) groups is 1. The standard InChI is InChI=1S/C17H12BrF3N2O2S/c1-23(8-12-5-6-14(18)25-12)16(24)13-9-26-15(22-13)10-3-2-4-11(7-10)17(19,20)21/h2-7,9H,8H2,1H3. The van der Waals surface area contributed by atoms with Gasteiger partial charge in [0.1, 0.15) is 16.5 Å². The van der Waals surface area contributed by atoms with Gasteiger partial charge in [0.25, 0.3) is 5.91 Å². The molecule has 0 saturated heterocycles. The average molecular weight is 445 g/mol. The molecular formula is C17H12BrF3N2O2S. The first-order valence-electron chi connectivity index (χ1n) is 7.37. The lowest BCUT2D eigenvalue weighted by atomic mass is 10.1. The lowest BCUT2D eigenvalue weighted by molar-refractivity contribution is -0.137. The van der Waals surface area contributed by atoms with E-state index in [1.54, 1.807) is 19.2 Å². The number of carbonyl (C=O) groups excluding carboxylic acids is 1. The lowest BCUT2D eigenvalue weighted by Crippen LogP contribution is -2.26. The molecule has 1 amide bonds. The molecule has 136 valence electrons. The van der Waals surface area contributed by atoms with E-state index in [0.717, 1.165) is 23.5 Å². The van der Waals surface area contributed by atoms with Gasteiger partial charge in [-0.05, 0) is 40.2 Å².